The first-order valence-electron chi connectivity index (χ1n) is 11.1. The zero-order valence-electron chi connectivity index (χ0n) is 18.1. The summed E-state index contributed by atoms with van der Waals surface area (Å²) in [5.74, 6) is 8.89. The second-order valence-electron chi connectivity index (χ2n) is 8.87. The van der Waals surface area contributed by atoms with Crippen molar-refractivity contribution in [2.24, 2.45) is 11.8 Å². The Kier molecular flexibility index (Phi) is 5.79. The average Bonchev–Trinajstić information content (AvgIpc) is 3.38. The van der Waals surface area contributed by atoms with Crippen LogP contribution in [0.15, 0.2) is 41.4 Å². The van der Waals surface area contributed by atoms with Gasteiger partial charge >= 0.3 is 0 Å². The third kappa shape index (κ3) is 4.46. The Morgan fingerprint density at radius 1 is 1.28 bits per heavy atom. The van der Waals surface area contributed by atoms with E-state index in [2.05, 4.69) is 31.9 Å². The summed E-state index contributed by atoms with van der Waals surface area (Å²) < 4.78 is 7.46. The van der Waals surface area contributed by atoms with E-state index in [4.69, 9.17) is 4.52 Å². The number of hydrogen-bond acceptors (Lipinski definition) is 7. The van der Waals surface area contributed by atoms with E-state index in [1.165, 1.54) is 0 Å². The summed E-state index contributed by atoms with van der Waals surface area (Å²) in [6.07, 6.45) is 8.10. The van der Waals surface area contributed by atoms with Gasteiger partial charge in [0.15, 0.2) is 5.76 Å². The van der Waals surface area contributed by atoms with Gasteiger partial charge in [0.05, 0.1) is 18.2 Å². The predicted octanol–water partition coefficient (Wildman–Crippen LogP) is 2.09. The molecule has 5 rings (SSSR count). The highest BCUT2D eigenvalue weighted by Gasteiger charge is 2.33. The number of aromatic nitrogens is 4. The van der Waals surface area contributed by atoms with E-state index in [0.29, 0.717) is 30.0 Å². The molecule has 1 aliphatic heterocycles. The molecule has 2 fully saturated rings. The van der Waals surface area contributed by atoms with Gasteiger partial charge in [-0.05, 0) is 31.7 Å². The predicted molar refractivity (Wildman–Crippen MR) is 117 cm³/mol. The van der Waals surface area contributed by atoms with Gasteiger partial charge in [0, 0.05) is 62.0 Å². The molecule has 1 aliphatic carbocycles. The molecule has 0 aromatic carbocycles. The molecule has 0 amide bonds. The van der Waals surface area contributed by atoms with Crippen molar-refractivity contribution in [2.45, 2.75) is 38.5 Å². The van der Waals surface area contributed by atoms with Crippen LogP contribution < -0.4 is 0 Å². The van der Waals surface area contributed by atoms with Crippen molar-refractivity contribution in [2.75, 3.05) is 19.6 Å². The molecule has 8 nitrogen and oxygen atoms in total. The topological polar surface area (TPSA) is 100 Å². The molecule has 2 aliphatic rings. The van der Waals surface area contributed by atoms with Crippen LogP contribution in [-0.2, 0) is 6.54 Å². The van der Waals surface area contributed by atoms with E-state index in [0.717, 1.165) is 49.3 Å². The maximum atomic E-state index is 9.84. The number of aliphatic hydroxyl groups is 2. The van der Waals surface area contributed by atoms with Crippen LogP contribution in [0.2, 0.25) is 0 Å². The molecular formula is C24H27N5O3. The first-order chi connectivity index (χ1) is 15.5. The highest BCUT2D eigenvalue weighted by Crippen LogP contribution is 2.30. The molecule has 0 radical (unpaired) electrons. The lowest BCUT2D eigenvalue weighted by Crippen LogP contribution is -2.50. The Hall–Kier alpha value is -2.99. The number of nitrogens with zero attached hydrogens (tertiary/aromatic N) is 5. The fourth-order valence-corrected chi connectivity index (χ4v) is 4.42. The van der Waals surface area contributed by atoms with Crippen LogP contribution in [0.25, 0.3) is 11.3 Å². The highest BCUT2D eigenvalue weighted by molar-refractivity contribution is 5.66. The van der Waals surface area contributed by atoms with Crippen molar-refractivity contribution in [1.82, 2.24) is 24.6 Å². The number of rotatable bonds is 6. The summed E-state index contributed by atoms with van der Waals surface area (Å²) in [6.45, 7) is 5.19. The summed E-state index contributed by atoms with van der Waals surface area (Å²) in [5, 5.41) is 23.5. The minimum Gasteiger partial charge on any atom is -0.393 e. The quantitative estimate of drug-likeness (QED) is 0.574. The summed E-state index contributed by atoms with van der Waals surface area (Å²) in [6, 6.07) is 3.78. The summed E-state index contributed by atoms with van der Waals surface area (Å²) in [4.78, 5) is 10.8. The Labute approximate surface area is 186 Å². The zero-order chi connectivity index (χ0) is 22.1. The monoisotopic (exact) mass is 433 g/mol. The van der Waals surface area contributed by atoms with Crippen molar-refractivity contribution >= 4 is 0 Å². The first-order valence-corrected chi connectivity index (χ1v) is 11.1. The molecule has 4 heterocycles. The summed E-state index contributed by atoms with van der Waals surface area (Å²) in [7, 11) is 0. The normalized spacial score (nSPS) is 22.0. The molecule has 0 spiro atoms. The van der Waals surface area contributed by atoms with E-state index in [1.807, 2.05) is 22.9 Å². The van der Waals surface area contributed by atoms with Gasteiger partial charge in [0.2, 0.25) is 0 Å². The van der Waals surface area contributed by atoms with Crippen LogP contribution in [0.4, 0.5) is 0 Å². The number of likely N-dealkylation sites (tertiary alicyclic amines) is 1. The first kappa shape index (κ1) is 20.9. The molecule has 0 unspecified atom stereocenters. The second kappa shape index (κ2) is 8.87. The lowest BCUT2D eigenvalue weighted by molar-refractivity contribution is 0.00612. The second-order valence-corrected chi connectivity index (χ2v) is 8.87. The molecule has 1 saturated carbocycles. The molecule has 2 N–H and O–H groups in total. The number of imidazole rings is 1. The highest BCUT2D eigenvalue weighted by atomic mass is 16.5. The van der Waals surface area contributed by atoms with Gasteiger partial charge in [-0.3, -0.25) is 4.98 Å². The largest absolute Gasteiger partial charge is 0.393 e. The maximum absolute atomic E-state index is 9.84. The van der Waals surface area contributed by atoms with E-state index in [1.54, 1.807) is 25.5 Å². The van der Waals surface area contributed by atoms with Crippen LogP contribution in [0.5, 0.6) is 0 Å². The fraction of sp³-hybridized carbons (Fsp3) is 0.458. The van der Waals surface area contributed by atoms with Gasteiger partial charge in [-0.2, -0.15) is 0 Å². The van der Waals surface area contributed by atoms with Crippen molar-refractivity contribution < 1.29 is 14.7 Å². The van der Waals surface area contributed by atoms with E-state index < -0.39 is 6.10 Å². The average molecular weight is 434 g/mol. The standard InChI is InChI=1S/C24H27N5O3/c1-16(30)24-26-6-7-29(24)15-20-10-23(32-27-20)22-4-5-25-11-19(22)3-2-17-12-28(13-17)14-18-8-21(31)9-18/h4-7,10-11,16-18,21,30-31H,8-9,12-15H2,1H3/t16-,18?,21?/m0/s1. The van der Waals surface area contributed by atoms with Gasteiger partial charge in [-0.15, -0.1) is 0 Å². The van der Waals surface area contributed by atoms with Gasteiger partial charge in [0.25, 0.3) is 0 Å². The molecule has 1 saturated heterocycles. The molecule has 0 bridgehead atoms. The molecule has 3 aromatic rings. The van der Waals surface area contributed by atoms with Gasteiger partial charge in [0.1, 0.15) is 17.6 Å². The molecule has 3 aromatic heterocycles. The van der Waals surface area contributed by atoms with Crippen molar-refractivity contribution in [3.8, 4) is 23.2 Å². The third-order valence-electron chi connectivity index (χ3n) is 6.19. The lowest BCUT2D eigenvalue weighted by atomic mass is 9.81. The summed E-state index contributed by atoms with van der Waals surface area (Å²) in [5.41, 5.74) is 2.43. The number of pyridine rings is 1. The SMILES string of the molecule is C[C@H](O)c1nccn1Cc1cc(-c2ccncc2C#CC2CN(CC3CC(O)C3)C2)on1. The molecule has 32 heavy (non-hydrogen) atoms. The van der Waals surface area contributed by atoms with Crippen molar-refractivity contribution in [1.29, 1.82) is 0 Å². The van der Waals surface area contributed by atoms with Gasteiger partial charge in [-0.25, -0.2) is 4.98 Å². The minimum absolute atomic E-state index is 0.0855. The van der Waals surface area contributed by atoms with Gasteiger partial charge < -0.3 is 24.2 Å². The van der Waals surface area contributed by atoms with E-state index in [9.17, 15) is 10.2 Å². The Morgan fingerprint density at radius 2 is 2.12 bits per heavy atom. The zero-order valence-corrected chi connectivity index (χ0v) is 18.1. The number of aliphatic hydroxyl groups excluding tert-OH is 2. The molecular weight excluding hydrogens is 406 g/mol. The van der Waals surface area contributed by atoms with E-state index >= 15 is 0 Å². The molecule has 1 atom stereocenters. The fourth-order valence-electron chi connectivity index (χ4n) is 4.42. The molecule has 166 valence electrons. The van der Waals surface area contributed by atoms with Crippen LogP contribution >= 0.6 is 0 Å². The minimum atomic E-state index is -0.652. The summed E-state index contributed by atoms with van der Waals surface area (Å²) >= 11 is 0. The molecule has 8 heteroatoms. The lowest BCUT2D eigenvalue weighted by Gasteiger charge is -2.42. The number of hydrogen-bond donors (Lipinski definition) is 2. The van der Waals surface area contributed by atoms with Crippen molar-refractivity contribution in [3.05, 3.63) is 54.0 Å². The van der Waals surface area contributed by atoms with Crippen LogP contribution in [0, 0.1) is 23.7 Å². The Balaban J connectivity index is 1.24. The van der Waals surface area contributed by atoms with E-state index in [-0.39, 0.29) is 6.10 Å². The Bertz CT molecular complexity index is 1130. The maximum Gasteiger partial charge on any atom is 0.168 e. The smallest absolute Gasteiger partial charge is 0.168 e. The van der Waals surface area contributed by atoms with Crippen LogP contribution in [-0.4, -0.2) is 60.5 Å². The van der Waals surface area contributed by atoms with Crippen LogP contribution in [0.1, 0.15) is 43.0 Å². The van der Waals surface area contributed by atoms with Crippen LogP contribution in [0.3, 0.4) is 0 Å². The van der Waals surface area contributed by atoms with Gasteiger partial charge in [-0.1, -0.05) is 17.0 Å². The Morgan fingerprint density at radius 3 is 2.91 bits per heavy atom. The van der Waals surface area contributed by atoms with Crippen molar-refractivity contribution in [3.63, 3.8) is 0 Å². The third-order valence-corrected chi connectivity index (χ3v) is 6.19.